The molecular weight excluding hydrogens is 328 g/mol. The minimum absolute atomic E-state index is 0. The van der Waals surface area contributed by atoms with Crippen molar-refractivity contribution in [3.8, 4) is 0 Å². The van der Waals surface area contributed by atoms with Crippen LogP contribution in [0.1, 0.15) is 74.1 Å². The number of carbonyl (C=O) groups is 1. The number of nitrogens with zero attached hydrogens (tertiary/aromatic N) is 2. The minimum Gasteiger partial charge on any atom is -0.350 e. The topological polar surface area (TPSA) is 94.0 Å². The molecular formula is C17H25ClN4O2. The summed E-state index contributed by atoms with van der Waals surface area (Å²) in [5.74, 6) is 0.440. The van der Waals surface area contributed by atoms with Crippen LogP contribution in [-0.4, -0.2) is 28.1 Å². The number of fused-ring (bicyclic) bond motifs is 1. The van der Waals surface area contributed by atoms with Crippen molar-refractivity contribution in [2.75, 3.05) is 6.54 Å². The zero-order valence-corrected chi connectivity index (χ0v) is 15.4. The van der Waals surface area contributed by atoms with Crippen LogP contribution in [0.3, 0.4) is 0 Å². The molecule has 1 saturated carbocycles. The smallest absolute Gasteiger partial charge is 0.259 e. The normalized spacial score (nSPS) is 14.8. The lowest BCUT2D eigenvalue weighted by Gasteiger charge is -2.19. The van der Waals surface area contributed by atoms with Gasteiger partial charge in [0.15, 0.2) is 0 Å². The summed E-state index contributed by atoms with van der Waals surface area (Å²) in [6.07, 6.45) is 2.22. The summed E-state index contributed by atoms with van der Waals surface area (Å²) in [7, 11) is 0. The second-order valence-electron chi connectivity index (χ2n) is 7.44. The molecule has 0 aromatic carbocycles. The van der Waals surface area contributed by atoms with Crippen LogP contribution >= 0.6 is 12.4 Å². The van der Waals surface area contributed by atoms with Crippen LogP contribution in [0.2, 0.25) is 0 Å². The van der Waals surface area contributed by atoms with Gasteiger partial charge >= 0.3 is 0 Å². The number of hydrogen-bond donors (Lipinski definition) is 2. The Hall–Kier alpha value is -1.66. The molecule has 24 heavy (non-hydrogen) atoms. The Labute approximate surface area is 148 Å². The van der Waals surface area contributed by atoms with Crippen LogP contribution in [0, 0.1) is 0 Å². The summed E-state index contributed by atoms with van der Waals surface area (Å²) in [6, 6.07) is 1.89. The van der Waals surface area contributed by atoms with E-state index in [1.54, 1.807) is 0 Å². The molecule has 1 amide bonds. The quantitative estimate of drug-likeness (QED) is 0.862. The van der Waals surface area contributed by atoms with E-state index in [0.717, 1.165) is 29.6 Å². The number of halogens is 1. The van der Waals surface area contributed by atoms with E-state index in [9.17, 15) is 4.79 Å². The highest BCUT2D eigenvalue weighted by Gasteiger charge is 2.29. The summed E-state index contributed by atoms with van der Waals surface area (Å²) >= 11 is 0. The predicted molar refractivity (Wildman–Crippen MR) is 95.7 cm³/mol. The number of pyridine rings is 1. The van der Waals surface area contributed by atoms with Crippen molar-refractivity contribution in [2.45, 2.75) is 57.9 Å². The molecule has 1 aliphatic carbocycles. The maximum absolute atomic E-state index is 12.7. The van der Waals surface area contributed by atoms with E-state index in [4.69, 9.17) is 10.3 Å². The summed E-state index contributed by atoms with van der Waals surface area (Å²) in [5, 5.41) is 7.76. The van der Waals surface area contributed by atoms with Crippen molar-refractivity contribution < 1.29 is 9.32 Å². The molecule has 0 aliphatic heterocycles. The van der Waals surface area contributed by atoms with Gasteiger partial charge in [-0.3, -0.25) is 4.79 Å². The van der Waals surface area contributed by atoms with E-state index in [2.05, 4.69) is 15.5 Å². The molecule has 2 aromatic heterocycles. The number of hydrogen-bond acceptors (Lipinski definition) is 5. The largest absolute Gasteiger partial charge is 0.350 e. The molecule has 0 unspecified atom stereocenters. The fraction of sp³-hybridized carbons (Fsp3) is 0.588. The molecule has 1 fully saturated rings. The van der Waals surface area contributed by atoms with E-state index in [1.165, 1.54) is 0 Å². The Bertz CT molecular complexity index is 745. The van der Waals surface area contributed by atoms with Crippen LogP contribution in [0.5, 0.6) is 0 Å². The molecule has 3 rings (SSSR count). The first-order valence-corrected chi connectivity index (χ1v) is 8.13. The number of amides is 1. The van der Waals surface area contributed by atoms with E-state index in [0.29, 0.717) is 23.7 Å². The summed E-state index contributed by atoms with van der Waals surface area (Å²) < 4.78 is 5.40. The van der Waals surface area contributed by atoms with Crippen molar-refractivity contribution in [3.63, 3.8) is 0 Å². The van der Waals surface area contributed by atoms with Crippen molar-refractivity contribution in [1.29, 1.82) is 0 Å². The average Bonchev–Trinajstić information content (AvgIpc) is 3.22. The third-order valence-corrected chi connectivity index (χ3v) is 3.98. The predicted octanol–water partition coefficient (Wildman–Crippen LogP) is 3.11. The molecule has 2 aromatic rings. The molecule has 0 radical (unpaired) electrons. The fourth-order valence-electron chi connectivity index (χ4n) is 2.56. The number of nitrogens with one attached hydrogen (secondary N) is 1. The maximum Gasteiger partial charge on any atom is 0.259 e. The molecule has 0 spiro atoms. The Kier molecular flexibility index (Phi) is 5.20. The van der Waals surface area contributed by atoms with Gasteiger partial charge in [-0.25, -0.2) is 4.98 Å². The second-order valence-corrected chi connectivity index (χ2v) is 7.44. The first-order chi connectivity index (χ1) is 10.8. The highest BCUT2D eigenvalue weighted by atomic mass is 35.5. The molecule has 0 atom stereocenters. The molecule has 3 N–H and O–H groups in total. The number of aromatic nitrogens is 2. The molecule has 1 aliphatic rings. The van der Waals surface area contributed by atoms with Gasteiger partial charge in [0.2, 0.25) is 0 Å². The first-order valence-electron chi connectivity index (χ1n) is 8.13. The molecule has 6 nitrogen and oxygen atoms in total. The highest BCUT2D eigenvalue weighted by molar-refractivity contribution is 6.06. The van der Waals surface area contributed by atoms with E-state index >= 15 is 0 Å². The number of nitrogens with two attached hydrogens (primary N) is 1. The van der Waals surface area contributed by atoms with Gasteiger partial charge in [0.05, 0.1) is 16.6 Å². The zero-order chi connectivity index (χ0) is 16.8. The third-order valence-electron chi connectivity index (χ3n) is 3.98. The lowest BCUT2D eigenvalue weighted by atomic mass is 10.0. The van der Waals surface area contributed by atoms with Crippen molar-refractivity contribution in [1.82, 2.24) is 15.5 Å². The van der Waals surface area contributed by atoms with Gasteiger partial charge in [0.25, 0.3) is 11.6 Å². The Balaban J connectivity index is 0.00000208. The maximum atomic E-state index is 12.7. The lowest BCUT2D eigenvalue weighted by Crippen LogP contribution is -2.45. The molecule has 132 valence electrons. The number of rotatable bonds is 5. The van der Waals surface area contributed by atoms with Gasteiger partial charge < -0.3 is 15.6 Å². The van der Waals surface area contributed by atoms with Gasteiger partial charge in [0, 0.05) is 23.7 Å². The van der Waals surface area contributed by atoms with E-state index in [-0.39, 0.29) is 24.2 Å². The van der Waals surface area contributed by atoms with Crippen molar-refractivity contribution in [2.24, 2.45) is 5.73 Å². The zero-order valence-electron chi connectivity index (χ0n) is 14.5. The molecule has 7 heteroatoms. The SMILES string of the molecule is CC(C)c1noc2nc(C3CC3)cc(C(=O)NCC(C)(C)N)c12.Cl. The molecule has 2 heterocycles. The Morgan fingerprint density at radius 3 is 2.67 bits per heavy atom. The Morgan fingerprint density at radius 1 is 1.46 bits per heavy atom. The molecule has 0 bridgehead atoms. The average molecular weight is 353 g/mol. The van der Waals surface area contributed by atoms with Crippen LogP contribution in [0.15, 0.2) is 10.6 Å². The number of carbonyl (C=O) groups excluding carboxylic acids is 1. The standard InChI is InChI=1S/C17H24N4O2.ClH/c1-9(2)14-13-11(15(22)19-8-17(3,4)18)7-12(10-5-6-10)20-16(13)23-21-14;/h7,9-10H,5-6,8,18H2,1-4H3,(H,19,22);1H. The van der Waals surface area contributed by atoms with Gasteiger partial charge in [-0.1, -0.05) is 19.0 Å². The van der Waals surface area contributed by atoms with Crippen LogP contribution in [0.25, 0.3) is 11.1 Å². The van der Waals surface area contributed by atoms with Crippen LogP contribution in [0.4, 0.5) is 0 Å². The van der Waals surface area contributed by atoms with E-state index < -0.39 is 5.54 Å². The highest BCUT2D eigenvalue weighted by Crippen LogP contribution is 2.41. The fourth-order valence-corrected chi connectivity index (χ4v) is 2.56. The lowest BCUT2D eigenvalue weighted by molar-refractivity contribution is 0.0947. The Morgan fingerprint density at radius 2 is 2.12 bits per heavy atom. The van der Waals surface area contributed by atoms with Crippen LogP contribution in [-0.2, 0) is 0 Å². The van der Waals surface area contributed by atoms with Gasteiger partial charge in [-0.2, -0.15) is 0 Å². The van der Waals surface area contributed by atoms with Gasteiger partial charge in [-0.05, 0) is 38.7 Å². The summed E-state index contributed by atoms with van der Waals surface area (Å²) in [4.78, 5) is 17.3. The van der Waals surface area contributed by atoms with Crippen molar-refractivity contribution >= 4 is 29.4 Å². The first kappa shape index (κ1) is 18.7. The van der Waals surface area contributed by atoms with Gasteiger partial charge in [0.1, 0.15) is 0 Å². The monoisotopic (exact) mass is 352 g/mol. The van der Waals surface area contributed by atoms with Crippen molar-refractivity contribution in [3.05, 3.63) is 23.0 Å². The molecule has 0 saturated heterocycles. The summed E-state index contributed by atoms with van der Waals surface area (Å²) in [6.45, 7) is 8.21. The summed E-state index contributed by atoms with van der Waals surface area (Å²) in [5.41, 5.74) is 8.23. The van der Waals surface area contributed by atoms with Gasteiger partial charge in [-0.15, -0.1) is 12.4 Å². The third kappa shape index (κ3) is 3.87. The van der Waals surface area contributed by atoms with Crippen LogP contribution < -0.4 is 11.1 Å². The van der Waals surface area contributed by atoms with E-state index in [1.807, 2.05) is 33.8 Å². The minimum atomic E-state index is -0.462. The second kappa shape index (κ2) is 6.69.